The molecule has 2 heterocycles. The molecule has 4 heteroatoms. The Balaban J connectivity index is 2.05. The summed E-state index contributed by atoms with van der Waals surface area (Å²) in [5, 5.41) is 21.4. The van der Waals surface area contributed by atoms with Gasteiger partial charge in [0.1, 0.15) is 6.10 Å². The van der Waals surface area contributed by atoms with Crippen molar-refractivity contribution in [1.82, 2.24) is 9.97 Å². The maximum absolute atomic E-state index is 11.1. The van der Waals surface area contributed by atoms with Crippen molar-refractivity contribution in [2.45, 2.75) is 63.1 Å². The minimum Gasteiger partial charge on any atom is -0.390 e. The summed E-state index contributed by atoms with van der Waals surface area (Å²) in [5.74, 6) is 0. The van der Waals surface area contributed by atoms with Crippen LogP contribution in [-0.4, -0.2) is 25.8 Å². The number of aliphatic hydroxyl groups is 2. The molecule has 128 valence electrons. The minimum absolute atomic E-state index is 0.00109. The van der Waals surface area contributed by atoms with Crippen LogP contribution in [-0.2, 0) is 10.8 Å². The third-order valence-electron chi connectivity index (χ3n) is 5.02. The summed E-state index contributed by atoms with van der Waals surface area (Å²) in [5.41, 5.74) is 1.25. The van der Waals surface area contributed by atoms with Gasteiger partial charge in [-0.1, -0.05) is 26.8 Å². The molecule has 4 nitrogen and oxygen atoms in total. The van der Waals surface area contributed by atoms with Gasteiger partial charge in [0.25, 0.3) is 0 Å². The molecule has 0 spiro atoms. The highest BCUT2D eigenvalue weighted by molar-refractivity contribution is 5.35. The Bertz CT molecular complexity index is 712. The van der Waals surface area contributed by atoms with Crippen LogP contribution in [0.3, 0.4) is 0 Å². The molecule has 1 aliphatic carbocycles. The molecular weight excluding hydrogens is 300 g/mol. The van der Waals surface area contributed by atoms with Crippen molar-refractivity contribution < 1.29 is 10.2 Å². The first-order valence-electron chi connectivity index (χ1n) is 8.43. The van der Waals surface area contributed by atoms with Gasteiger partial charge in [-0.05, 0) is 55.0 Å². The van der Waals surface area contributed by atoms with Gasteiger partial charge < -0.3 is 10.2 Å². The van der Waals surface area contributed by atoms with Crippen molar-refractivity contribution >= 4 is 0 Å². The molecule has 0 bridgehead atoms. The van der Waals surface area contributed by atoms with Gasteiger partial charge in [-0.15, -0.1) is 0 Å². The summed E-state index contributed by atoms with van der Waals surface area (Å²) in [6.07, 6.45) is 3.64. The van der Waals surface area contributed by atoms with E-state index in [2.05, 4.69) is 36.8 Å². The van der Waals surface area contributed by atoms with Crippen LogP contribution in [0.2, 0.25) is 0 Å². The number of nitrogens with zero attached hydrogens (tertiary/aromatic N) is 2. The van der Waals surface area contributed by atoms with Crippen LogP contribution < -0.4 is 0 Å². The fraction of sp³-hybridized carbons (Fsp3) is 0.500. The highest BCUT2D eigenvalue weighted by Gasteiger charge is 2.57. The van der Waals surface area contributed by atoms with Crippen molar-refractivity contribution in [2.24, 2.45) is 0 Å². The SMILES string of the molecule is CC1(O)CC(c2cc(C(C)(C)C)ccn2)(C(O)c2ccccn2)C1. The van der Waals surface area contributed by atoms with Gasteiger partial charge >= 0.3 is 0 Å². The largest absolute Gasteiger partial charge is 0.390 e. The van der Waals surface area contributed by atoms with Crippen LogP contribution >= 0.6 is 0 Å². The summed E-state index contributed by atoms with van der Waals surface area (Å²) >= 11 is 0. The van der Waals surface area contributed by atoms with Crippen molar-refractivity contribution in [1.29, 1.82) is 0 Å². The lowest BCUT2D eigenvalue weighted by Crippen LogP contribution is -2.56. The number of rotatable bonds is 3. The highest BCUT2D eigenvalue weighted by Crippen LogP contribution is 2.56. The molecule has 0 saturated heterocycles. The molecule has 1 unspecified atom stereocenters. The Kier molecular flexibility index (Phi) is 4.01. The molecule has 3 rings (SSSR count). The zero-order valence-corrected chi connectivity index (χ0v) is 14.8. The van der Waals surface area contributed by atoms with E-state index in [-0.39, 0.29) is 5.41 Å². The van der Waals surface area contributed by atoms with E-state index in [1.165, 1.54) is 5.56 Å². The average molecular weight is 326 g/mol. The number of hydrogen-bond acceptors (Lipinski definition) is 4. The zero-order valence-electron chi connectivity index (χ0n) is 14.8. The molecule has 24 heavy (non-hydrogen) atoms. The monoisotopic (exact) mass is 326 g/mol. The van der Waals surface area contributed by atoms with E-state index in [1.54, 1.807) is 12.4 Å². The second-order valence-corrected chi connectivity index (χ2v) is 8.34. The molecule has 1 fully saturated rings. The standard InChI is InChI=1S/C20H26N2O2/c1-18(2,3)14-8-10-22-16(11-14)20(12-19(4,24)13-20)17(23)15-7-5-6-9-21-15/h5-11,17,23-24H,12-13H2,1-4H3. The molecule has 0 aliphatic heterocycles. The van der Waals surface area contributed by atoms with Gasteiger partial charge in [-0.2, -0.15) is 0 Å². The number of aliphatic hydroxyl groups excluding tert-OH is 1. The molecular formula is C20H26N2O2. The lowest BCUT2D eigenvalue weighted by Gasteiger charge is -2.53. The Morgan fingerprint density at radius 1 is 1.08 bits per heavy atom. The van der Waals surface area contributed by atoms with E-state index in [0.717, 1.165) is 5.69 Å². The maximum Gasteiger partial charge on any atom is 0.107 e. The van der Waals surface area contributed by atoms with Crippen molar-refractivity contribution in [2.75, 3.05) is 0 Å². The molecule has 1 saturated carbocycles. The Morgan fingerprint density at radius 2 is 1.79 bits per heavy atom. The number of aromatic nitrogens is 2. The molecule has 0 radical (unpaired) electrons. The second kappa shape index (κ2) is 5.64. The van der Waals surface area contributed by atoms with Crippen LogP contribution in [0.15, 0.2) is 42.7 Å². The van der Waals surface area contributed by atoms with Gasteiger partial charge in [-0.25, -0.2) is 0 Å². The lowest BCUT2D eigenvalue weighted by atomic mass is 9.54. The molecule has 1 atom stereocenters. The first-order chi connectivity index (χ1) is 11.1. The maximum atomic E-state index is 11.1. The molecule has 0 amide bonds. The predicted molar refractivity (Wildman–Crippen MR) is 93.7 cm³/mol. The highest BCUT2D eigenvalue weighted by atomic mass is 16.3. The molecule has 2 N–H and O–H groups in total. The van der Waals surface area contributed by atoms with Gasteiger partial charge in [-0.3, -0.25) is 9.97 Å². The van der Waals surface area contributed by atoms with Gasteiger partial charge in [0.15, 0.2) is 0 Å². The van der Waals surface area contributed by atoms with Crippen molar-refractivity contribution in [3.63, 3.8) is 0 Å². The van der Waals surface area contributed by atoms with E-state index >= 15 is 0 Å². The fourth-order valence-electron chi connectivity index (χ4n) is 3.81. The van der Waals surface area contributed by atoms with Crippen LogP contribution in [0.25, 0.3) is 0 Å². The van der Waals surface area contributed by atoms with Crippen LogP contribution in [0.5, 0.6) is 0 Å². The average Bonchev–Trinajstić information content (AvgIpc) is 2.51. The normalized spacial score (nSPS) is 28.2. The summed E-state index contributed by atoms with van der Waals surface area (Å²) in [6, 6.07) is 9.61. The van der Waals surface area contributed by atoms with Gasteiger partial charge in [0.2, 0.25) is 0 Å². The lowest BCUT2D eigenvalue weighted by molar-refractivity contribution is -0.125. The van der Waals surface area contributed by atoms with E-state index in [1.807, 2.05) is 31.2 Å². The Hall–Kier alpha value is -1.78. The van der Waals surface area contributed by atoms with Crippen molar-refractivity contribution in [3.8, 4) is 0 Å². The molecule has 1 aliphatic rings. The topological polar surface area (TPSA) is 66.2 Å². The molecule has 2 aromatic heterocycles. The second-order valence-electron chi connectivity index (χ2n) is 8.34. The predicted octanol–water partition coefficient (Wildman–Crippen LogP) is 3.29. The third-order valence-corrected chi connectivity index (χ3v) is 5.02. The van der Waals surface area contributed by atoms with Gasteiger partial charge in [0.05, 0.1) is 17.0 Å². The van der Waals surface area contributed by atoms with E-state index in [4.69, 9.17) is 0 Å². The quantitative estimate of drug-likeness (QED) is 0.908. The summed E-state index contributed by atoms with van der Waals surface area (Å²) in [7, 11) is 0. The van der Waals surface area contributed by atoms with Gasteiger partial charge in [0, 0.05) is 17.8 Å². The Morgan fingerprint density at radius 3 is 2.33 bits per heavy atom. The first-order valence-corrected chi connectivity index (χ1v) is 8.43. The molecule has 2 aromatic rings. The smallest absolute Gasteiger partial charge is 0.107 e. The van der Waals surface area contributed by atoms with Crippen molar-refractivity contribution in [3.05, 3.63) is 59.7 Å². The number of pyridine rings is 2. The van der Waals surface area contributed by atoms with E-state index < -0.39 is 17.1 Å². The Labute approximate surface area is 143 Å². The van der Waals surface area contributed by atoms with Crippen LogP contribution in [0.1, 0.15) is 63.6 Å². The summed E-state index contributed by atoms with van der Waals surface area (Å²) < 4.78 is 0. The summed E-state index contributed by atoms with van der Waals surface area (Å²) in [4.78, 5) is 8.87. The van der Waals surface area contributed by atoms with E-state index in [0.29, 0.717) is 18.5 Å². The third kappa shape index (κ3) is 2.96. The van der Waals surface area contributed by atoms with E-state index in [9.17, 15) is 10.2 Å². The minimum atomic E-state index is -0.790. The fourth-order valence-corrected chi connectivity index (χ4v) is 3.81. The summed E-state index contributed by atoms with van der Waals surface area (Å²) in [6.45, 7) is 8.28. The molecule has 0 aromatic carbocycles. The zero-order chi connectivity index (χ0) is 17.6. The number of hydrogen-bond donors (Lipinski definition) is 2. The van der Waals surface area contributed by atoms with Crippen LogP contribution in [0, 0.1) is 0 Å². The first kappa shape index (κ1) is 17.1. The van der Waals surface area contributed by atoms with Crippen LogP contribution in [0.4, 0.5) is 0 Å².